The molecule has 0 spiro atoms. The van der Waals surface area contributed by atoms with Gasteiger partial charge in [-0.3, -0.25) is 14.4 Å². The molecule has 2 unspecified atom stereocenters. The first-order chi connectivity index (χ1) is 11.8. The number of rotatable bonds is 6. The van der Waals surface area contributed by atoms with Crippen LogP contribution in [0.25, 0.3) is 0 Å². The Morgan fingerprint density at radius 1 is 1.44 bits per heavy atom. The van der Waals surface area contributed by atoms with Gasteiger partial charge in [-0.2, -0.15) is 0 Å². The molecule has 25 heavy (non-hydrogen) atoms. The average Bonchev–Trinajstić information content (AvgIpc) is 2.86. The van der Waals surface area contributed by atoms with Crippen LogP contribution in [0.4, 0.5) is 4.39 Å². The highest BCUT2D eigenvalue weighted by Crippen LogP contribution is 2.39. The quantitative estimate of drug-likeness (QED) is 0.833. The minimum absolute atomic E-state index is 0.00775. The molecule has 1 aliphatic heterocycles. The first-order valence-corrected chi connectivity index (χ1v) is 8.35. The van der Waals surface area contributed by atoms with Crippen molar-refractivity contribution in [3.8, 4) is 0 Å². The number of carbonyl (C=O) groups is 3. The van der Waals surface area contributed by atoms with Crippen molar-refractivity contribution in [3.05, 3.63) is 34.6 Å². The smallest absolute Gasteiger partial charge is 0.305 e. The lowest BCUT2D eigenvalue weighted by molar-refractivity contribution is -0.140. The van der Waals surface area contributed by atoms with Gasteiger partial charge >= 0.3 is 5.97 Å². The van der Waals surface area contributed by atoms with Crippen molar-refractivity contribution in [2.45, 2.75) is 25.8 Å². The largest absolute Gasteiger partial charge is 0.481 e. The predicted octanol–water partition coefficient (Wildman–Crippen LogP) is 2.32. The van der Waals surface area contributed by atoms with Crippen molar-refractivity contribution >= 4 is 29.4 Å². The maximum absolute atomic E-state index is 13.8. The molecule has 136 valence electrons. The molecule has 0 radical (unpaired) electrons. The molecule has 1 N–H and O–H groups in total. The predicted molar refractivity (Wildman–Crippen MR) is 89.5 cm³/mol. The summed E-state index contributed by atoms with van der Waals surface area (Å²) in [5.74, 6) is -2.82. The van der Waals surface area contributed by atoms with Gasteiger partial charge in [0.25, 0.3) is 0 Å². The molecule has 2 rings (SSSR count). The Hall–Kier alpha value is -2.15. The Labute approximate surface area is 150 Å². The van der Waals surface area contributed by atoms with E-state index in [1.165, 1.54) is 21.9 Å². The molecule has 8 heteroatoms. The second-order valence-corrected chi connectivity index (χ2v) is 6.40. The molecule has 0 aliphatic carbocycles. The second kappa shape index (κ2) is 7.82. The fraction of sp³-hybridized carbons (Fsp3) is 0.471. The van der Waals surface area contributed by atoms with Crippen molar-refractivity contribution in [2.75, 3.05) is 20.1 Å². The number of carboxylic acids is 1. The van der Waals surface area contributed by atoms with Crippen molar-refractivity contribution in [1.82, 2.24) is 9.80 Å². The van der Waals surface area contributed by atoms with Crippen molar-refractivity contribution in [3.63, 3.8) is 0 Å². The topological polar surface area (TPSA) is 77.9 Å². The lowest BCUT2D eigenvalue weighted by atomic mass is 9.92. The first-order valence-electron chi connectivity index (χ1n) is 7.97. The Morgan fingerprint density at radius 2 is 2.12 bits per heavy atom. The number of likely N-dealkylation sites (tertiary alicyclic amines) is 1. The summed E-state index contributed by atoms with van der Waals surface area (Å²) in [7, 11) is 1.57. The van der Waals surface area contributed by atoms with Crippen molar-refractivity contribution in [1.29, 1.82) is 0 Å². The average molecular weight is 371 g/mol. The van der Waals surface area contributed by atoms with Crippen molar-refractivity contribution < 1.29 is 23.9 Å². The Morgan fingerprint density at radius 3 is 2.68 bits per heavy atom. The van der Waals surface area contributed by atoms with Gasteiger partial charge in [0.1, 0.15) is 5.82 Å². The molecular weight excluding hydrogens is 351 g/mol. The molecule has 6 nitrogen and oxygen atoms in total. The third-order valence-electron chi connectivity index (χ3n) is 4.48. The molecule has 2 atom stereocenters. The molecule has 0 bridgehead atoms. The number of amides is 2. The Bertz CT molecular complexity index is 697. The molecule has 1 aliphatic rings. The van der Waals surface area contributed by atoms with Gasteiger partial charge in [-0.15, -0.1) is 0 Å². The summed E-state index contributed by atoms with van der Waals surface area (Å²) < 4.78 is 13.8. The van der Waals surface area contributed by atoms with E-state index < -0.39 is 23.7 Å². The third kappa shape index (κ3) is 4.10. The van der Waals surface area contributed by atoms with E-state index in [1.54, 1.807) is 20.0 Å². The minimum atomic E-state index is -0.998. The summed E-state index contributed by atoms with van der Waals surface area (Å²) in [6, 6.07) is 3.62. The van der Waals surface area contributed by atoms with Gasteiger partial charge in [0, 0.05) is 26.6 Å². The fourth-order valence-corrected chi connectivity index (χ4v) is 3.25. The minimum Gasteiger partial charge on any atom is -0.481 e. The number of halogens is 2. The molecule has 1 aromatic rings. The maximum Gasteiger partial charge on any atom is 0.305 e. The Balaban J connectivity index is 2.30. The van der Waals surface area contributed by atoms with E-state index in [-0.39, 0.29) is 36.2 Å². The van der Waals surface area contributed by atoms with Gasteiger partial charge in [0.2, 0.25) is 11.8 Å². The van der Waals surface area contributed by atoms with E-state index in [9.17, 15) is 18.8 Å². The number of carbonyl (C=O) groups excluding carboxylic acids is 2. The summed E-state index contributed by atoms with van der Waals surface area (Å²) in [6.45, 7) is 2.15. The summed E-state index contributed by atoms with van der Waals surface area (Å²) in [4.78, 5) is 38.6. The zero-order valence-electron chi connectivity index (χ0n) is 14.0. The third-order valence-corrected chi connectivity index (χ3v) is 4.78. The number of benzene rings is 1. The van der Waals surface area contributed by atoms with Gasteiger partial charge in [-0.1, -0.05) is 17.7 Å². The van der Waals surface area contributed by atoms with E-state index >= 15 is 0 Å². The van der Waals surface area contributed by atoms with Gasteiger partial charge in [-0.05, 0) is 24.6 Å². The zero-order valence-corrected chi connectivity index (χ0v) is 14.8. The molecule has 1 saturated heterocycles. The summed E-state index contributed by atoms with van der Waals surface area (Å²) in [6.07, 6.45) is -0.163. The molecule has 1 aromatic carbocycles. The standard InChI is InChI=1S/C17H20ClFN2O4/c1-3-21(7-6-15(23)24)17(25)11-9-14(22)20(2)16(11)10-4-5-12(18)13(19)8-10/h4-5,8,11,16H,3,6-7,9H2,1-2H3,(H,23,24). The second-order valence-electron chi connectivity index (χ2n) is 6.00. The lowest BCUT2D eigenvalue weighted by Crippen LogP contribution is -2.39. The molecule has 2 amide bonds. The number of aliphatic carboxylic acids is 1. The van der Waals surface area contributed by atoms with Crippen LogP contribution in [0.15, 0.2) is 18.2 Å². The highest BCUT2D eigenvalue weighted by Gasteiger charge is 2.44. The van der Waals surface area contributed by atoms with E-state index in [0.717, 1.165) is 0 Å². The van der Waals surface area contributed by atoms with Crippen LogP contribution >= 0.6 is 11.6 Å². The molecular formula is C17H20ClFN2O4. The zero-order chi connectivity index (χ0) is 18.7. The summed E-state index contributed by atoms with van der Waals surface area (Å²) in [5.41, 5.74) is 0.489. The number of hydrogen-bond acceptors (Lipinski definition) is 3. The maximum atomic E-state index is 13.8. The normalized spacial score (nSPS) is 20.0. The van der Waals surface area contributed by atoms with Gasteiger partial charge in [0.05, 0.1) is 23.4 Å². The van der Waals surface area contributed by atoms with Crippen LogP contribution in [0.2, 0.25) is 5.02 Å². The van der Waals surface area contributed by atoms with Crippen molar-refractivity contribution in [2.24, 2.45) is 5.92 Å². The van der Waals surface area contributed by atoms with Gasteiger partial charge in [0.15, 0.2) is 0 Å². The van der Waals surface area contributed by atoms with E-state index in [2.05, 4.69) is 0 Å². The van der Waals surface area contributed by atoms with E-state index in [1.807, 2.05) is 0 Å². The van der Waals surface area contributed by atoms with Gasteiger partial charge in [-0.25, -0.2) is 4.39 Å². The number of carboxylic acid groups (broad SMARTS) is 1. The first kappa shape index (κ1) is 19.2. The highest BCUT2D eigenvalue weighted by molar-refractivity contribution is 6.30. The van der Waals surface area contributed by atoms with Crippen LogP contribution in [0, 0.1) is 11.7 Å². The summed E-state index contributed by atoms with van der Waals surface area (Å²) >= 11 is 5.71. The highest BCUT2D eigenvalue weighted by atomic mass is 35.5. The Kier molecular flexibility index (Phi) is 6.00. The van der Waals surface area contributed by atoms with E-state index in [4.69, 9.17) is 16.7 Å². The van der Waals surface area contributed by atoms with Crippen LogP contribution in [0.3, 0.4) is 0 Å². The fourth-order valence-electron chi connectivity index (χ4n) is 3.13. The van der Waals surface area contributed by atoms with Gasteiger partial charge < -0.3 is 14.9 Å². The van der Waals surface area contributed by atoms with Crippen LogP contribution in [0.1, 0.15) is 31.4 Å². The SMILES string of the molecule is CCN(CCC(=O)O)C(=O)C1CC(=O)N(C)C1c1ccc(Cl)c(F)c1. The van der Waals surface area contributed by atoms with Crippen LogP contribution in [0.5, 0.6) is 0 Å². The molecule has 1 heterocycles. The van der Waals surface area contributed by atoms with Crippen LogP contribution in [-0.4, -0.2) is 52.8 Å². The number of hydrogen-bond donors (Lipinski definition) is 1. The van der Waals surface area contributed by atoms with Crippen LogP contribution in [-0.2, 0) is 14.4 Å². The molecule has 0 aromatic heterocycles. The number of nitrogens with zero attached hydrogens (tertiary/aromatic N) is 2. The lowest BCUT2D eigenvalue weighted by Gasteiger charge is -2.29. The molecule has 1 fully saturated rings. The monoisotopic (exact) mass is 370 g/mol. The summed E-state index contributed by atoms with van der Waals surface area (Å²) in [5, 5.41) is 8.79. The van der Waals surface area contributed by atoms with Crippen LogP contribution < -0.4 is 0 Å². The molecule has 0 saturated carbocycles. The van der Waals surface area contributed by atoms with E-state index in [0.29, 0.717) is 12.1 Å².